The van der Waals surface area contributed by atoms with Crippen LogP contribution in [-0.4, -0.2) is 55.7 Å². The Labute approximate surface area is 185 Å². The molecule has 168 valence electrons. The highest BCUT2D eigenvalue weighted by Gasteiger charge is 2.51. The number of hydrogen-bond donors (Lipinski definition) is 2. The van der Waals surface area contributed by atoms with E-state index in [4.69, 9.17) is 14.2 Å². The summed E-state index contributed by atoms with van der Waals surface area (Å²) < 4.78 is 15.8. The van der Waals surface area contributed by atoms with Crippen LogP contribution in [0.4, 0.5) is 10.5 Å². The van der Waals surface area contributed by atoms with Crippen LogP contribution in [0.2, 0.25) is 0 Å². The van der Waals surface area contributed by atoms with Gasteiger partial charge in [0.15, 0.2) is 11.5 Å². The maximum atomic E-state index is 12.9. The van der Waals surface area contributed by atoms with Crippen LogP contribution in [0.3, 0.4) is 0 Å². The van der Waals surface area contributed by atoms with Crippen LogP contribution >= 0.6 is 0 Å². The number of amides is 4. The fourth-order valence-electron chi connectivity index (χ4n) is 3.94. The first-order valence-electron chi connectivity index (χ1n) is 10.3. The molecule has 0 saturated carbocycles. The molecular formula is C23H25N3O6. The molecule has 4 amide bonds. The lowest BCUT2D eigenvalue weighted by molar-refractivity contribution is -0.134. The molecule has 0 radical (unpaired) electrons. The average molecular weight is 439 g/mol. The fraction of sp³-hybridized carbons (Fsp3) is 0.348. The molecule has 0 aromatic heterocycles. The van der Waals surface area contributed by atoms with E-state index in [0.29, 0.717) is 48.8 Å². The van der Waals surface area contributed by atoms with Crippen LogP contribution in [0.5, 0.6) is 11.5 Å². The van der Waals surface area contributed by atoms with Gasteiger partial charge in [0.05, 0.1) is 20.8 Å². The highest BCUT2D eigenvalue weighted by molar-refractivity contribution is 6.07. The summed E-state index contributed by atoms with van der Waals surface area (Å²) in [6.07, 6.45) is 0.951. The zero-order valence-corrected chi connectivity index (χ0v) is 18.0. The predicted octanol–water partition coefficient (Wildman–Crippen LogP) is 2.56. The van der Waals surface area contributed by atoms with Gasteiger partial charge in [-0.3, -0.25) is 14.5 Å². The molecule has 2 aliphatic rings. The molecule has 2 fully saturated rings. The standard InChI is InChI=1S/C23H25N3O6/c1-30-18-8-7-17(13-19(18)31-2)24-20(27)16-5-3-15(4-6-16)14-26-21(28)23(25-22(26)29)9-11-32-12-10-23/h3-8,13H,9-12,14H2,1-2H3,(H,24,27)(H,25,29). The molecule has 32 heavy (non-hydrogen) atoms. The number of benzene rings is 2. The van der Waals surface area contributed by atoms with E-state index in [-0.39, 0.29) is 18.4 Å². The van der Waals surface area contributed by atoms with Crippen LogP contribution in [0.15, 0.2) is 42.5 Å². The summed E-state index contributed by atoms with van der Waals surface area (Å²) in [6.45, 7) is 1.04. The SMILES string of the molecule is COc1ccc(NC(=O)c2ccc(CN3C(=O)NC4(CCOCC4)C3=O)cc2)cc1OC. The third kappa shape index (κ3) is 4.11. The van der Waals surface area contributed by atoms with Crippen LogP contribution in [-0.2, 0) is 16.1 Å². The van der Waals surface area contributed by atoms with Crippen molar-refractivity contribution >= 4 is 23.5 Å². The largest absolute Gasteiger partial charge is 0.493 e. The molecular weight excluding hydrogens is 414 g/mol. The van der Waals surface area contributed by atoms with Gasteiger partial charge in [0.25, 0.3) is 11.8 Å². The highest BCUT2D eigenvalue weighted by atomic mass is 16.5. The molecule has 2 heterocycles. The van der Waals surface area contributed by atoms with Crippen molar-refractivity contribution in [2.24, 2.45) is 0 Å². The molecule has 2 aliphatic heterocycles. The minimum absolute atomic E-state index is 0.144. The fourth-order valence-corrected chi connectivity index (χ4v) is 3.94. The Bertz CT molecular complexity index is 1030. The van der Waals surface area contributed by atoms with Crippen molar-refractivity contribution in [3.63, 3.8) is 0 Å². The van der Waals surface area contributed by atoms with Gasteiger partial charge in [-0.15, -0.1) is 0 Å². The quantitative estimate of drug-likeness (QED) is 0.670. The van der Waals surface area contributed by atoms with Crippen molar-refractivity contribution < 1.29 is 28.6 Å². The number of rotatable bonds is 6. The lowest BCUT2D eigenvalue weighted by atomic mass is 9.90. The molecule has 0 atom stereocenters. The van der Waals surface area contributed by atoms with Gasteiger partial charge in [-0.25, -0.2) is 4.79 Å². The van der Waals surface area contributed by atoms with E-state index < -0.39 is 11.6 Å². The third-order valence-electron chi connectivity index (χ3n) is 5.79. The van der Waals surface area contributed by atoms with Gasteiger partial charge < -0.3 is 24.8 Å². The number of methoxy groups -OCH3 is 2. The predicted molar refractivity (Wildman–Crippen MR) is 116 cm³/mol. The molecule has 0 bridgehead atoms. The second-order valence-corrected chi connectivity index (χ2v) is 7.74. The number of nitrogens with one attached hydrogen (secondary N) is 2. The van der Waals surface area contributed by atoms with Crippen molar-refractivity contribution in [3.05, 3.63) is 53.6 Å². The molecule has 2 N–H and O–H groups in total. The number of carbonyl (C=O) groups excluding carboxylic acids is 3. The zero-order valence-electron chi connectivity index (χ0n) is 18.0. The van der Waals surface area contributed by atoms with E-state index in [1.165, 1.54) is 12.0 Å². The van der Waals surface area contributed by atoms with Crippen LogP contribution in [0, 0.1) is 0 Å². The van der Waals surface area contributed by atoms with E-state index in [9.17, 15) is 14.4 Å². The first kappa shape index (κ1) is 21.6. The average Bonchev–Trinajstić information content (AvgIpc) is 3.03. The number of carbonyl (C=O) groups is 3. The van der Waals surface area contributed by atoms with Crippen molar-refractivity contribution in [2.75, 3.05) is 32.8 Å². The van der Waals surface area contributed by atoms with Gasteiger partial charge in [-0.2, -0.15) is 0 Å². The minimum atomic E-state index is -0.853. The number of urea groups is 1. The summed E-state index contributed by atoms with van der Waals surface area (Å²) >= 11 is 0. The Kier molecular flexibility index (Phi) is 6.00. The summed E-state index contributed by atoms with van der Waals surface area (Å²) in [5, 5.41) is 5.65. The van der Waals surface area contributed by atoms with Gasteiger partial charge in [-0.05, 0) is 29.8 Å². The lowest BCUT2D eigenvalue weighted by Gasteiger charge is -2.30. The normalized spacial score (nSPS) is 17.2. The van der Waals surface area contributed by atoms with Crippen molar-refractivity contribution in [3.8, 4) is 11.5 Å². The number of hydrogen-bond acceptors (Lipinski definition) is 6. The van der Waals surface area contributed by atoms with Gasteiger partial charge in [-0.1, -0.05) is 12.1 Å². The molecule has 2 aromatic rings. The first-order valence-corrected chi connectivity index (χ1v) is 10.3. The molecule has 1 spiro atoms. The Morgan fingerprint density at radius 2 is 1.75 bits per heavy atom. The van der Waals surface area contributed by atoms with Gasteiger partial charge >= 0.3 is 6.03 Å². The van der Waals surface area contributed by atoms with Gasteiger partial charge in [0, 0.05) is 43.4 Å². The number of imide groups is 1. The Morgan fingerprint density at radius 1 is 1.06 bits per heavy atom. The molecule has 2 aromatic carbocycles. The van der Waals surface area contributed by atoms with Crippen LogP contribution in [0.25, 0.3) is 0 Å². The van der Waals surface area contributed by atoms with E-state index in [0.717, 1.165) is 5.56 Å². The minimum Gasteiger partial charge on any atom is -0.493 e. The molecule has 0 unspecified atom stereocenters. The Hall–Kier alpha value is -3.59. The number of anilines is 1. The van der Waals surface area contributed by atoms with Crippen molar-refractivity contribution in [1.82, 2.24) is 10.2 Å². The van der Waals surface area contributed by atoms with E-state index >= 15 is 0 Å². The third-order valence-corrected chi connectivity index (χ3v) is 5.79. The van der Waals surface area contributed by atoms with Crippen LogP contribution < -0.4 is 20.1 Å². The molecule has 0 aliphatic carbocycles. The summed E-state index contributed by atoms with van der Waals surface area (Å²) in [4.78, 5) is 39.1. The second kappa shape index (κ2) is 8.88. The highest BCUT2D eigenvalue weighted by Crippen LogP contribution is 2.31. The van der Waals surface area contributed by atoms with E-state index in [1.54, 1.807) is 49.6 Å². The summed E-state index contributed by atoms with van der Waals surface area (Å²) in [5.74, 6) is 0.565. The molecule has 9 heteroatoms. The lowest BCUT2D eigenvalue weighted by Crippen LogP contribution is -2.51. The van der Waals surface area contributed by atoms with Crippen LogP contribution in [0.1, 0.15) is 28.8 Å². The van der Waals surface area contributed by atoms with Crippen molar-refractivity contribution in [2.45, 2.75) is 24.9 Å². The first-order chi connectivity index (χ1) is 15.5. The summed E-state index contributed by atoms with van der Waals surface area (Å²) in [5.41, 5.74) is 0.911. The number of nitrogens with zero attached hydrogens (tertiary/aromatic N) is 1. The van der Waals surface area contributed by atoms with E-state index in [1.807, 2.05) is 0 Å². The molecule has 9 nitrogen and oxygen atoms in total. The summed E-state index contributed by atoms with van der Waals surface area (Å²) in [7, 11) is 3.07. The zero-order chi connectivity index (χ0) is 22.7. The van der Waals surface area contributed by atoms with Crippen molar-refractivity contribution in [1.29, 1.82) is 0 Å². The Balaban J connectivity index is 1.41. The van der Waals surface area contributed by atoms with Gasteiger partial charge in [0.1, 0.15) is 5.54 Å². The summed E-state index contributed by atoms with van der Waals surface area (Å²) in [6, 6.07) is 11.5. The maximum absolute atomic E-state index is 12.9. The van der Waals surface area contributed by atoms with Gasteiger partial charge in [0.2, 0.25) is 0 Å². The Morgan fingerprint density at radius 3 is 2.41 bits per heavy atom. The second-order valence-electron chi connectivity index (χ2n) is 7.74. The topological polar surface area (TPSA) is 106 Å². The monoisotopic (exact) mass is 439 g/mol. The van der Waals surface area contributed by atoms with E-state index in [2.05, 4.69) is 10.6 Å². The maximum Gasteiger partial charge on any atom is 0.325 e. The smallest absolute Gasteiger partial charge is 0.325 e. The molecule has 4 rings (SSSR count). The molecule has 2 saturated heterocycles. The number of ether oxygens (including phenoxy) is 3.